The summed E-state index contributed by atoms with van der Waals surface area (Å²) in [5, 5.41) is 0.883. The zero-order valence-electron chi connectivity index (χ0n) is 14.4. The number of hydrogen-bond acceptors (Lipinski definition) is 4. The Morgan fingerprint density at radius 1 is 1.08 bits per heavy atom. The highest BCUT2D eigenvalue weighted by Crippen LogP contribution is 2.30. The Labute approximate surface area is 146 Å². The lowest BCUT2D eigenvalue weighted by Gasteiger charge is -2.10. The van der Waals surface area contributed by atoms with Crippen LogP contribution in [-0.4, -0.2) is 12.6 Å². The van der Waals surface area contributed by atoms with Crippen molar-refractivity contribution in [3.63, 3.8) is 0 Å². The molecule has 0 aliphatic rings. The number of rotatable bonds is 5. The molecule has 3 aromatic rings. The van der Waals surface area contributed by atoms with Crippen molar-refractivity contribution in [3.8, 4) is 11.1 Å². The molecule has 3 rings (SSSR count). The number of carbonyl (C=O) groups excluding carboxylic acids is 1. The van der Waals surface area contributed by atoms with Crippen molar-refractivity contribution < 1.29 is 13.9 Å². The third kappa shape index (κ3) is 3.79. The van der Waals surface area contributed by atoms with Gasteiger partial charge in [-0.15, -0.1) is 0 Å². The molecule has 0 atom stereocenters. The smallest absolute Gasteiger partial charge is 0.336 e. The van der Waals surface area contributed by atoms with Gasteiger partial charge in [0, 0.05) is 23.4 Å². The van der Waals surface area contributed by atoms with Gasteiger partial charge in [0.15, 0.2) is 0 Å². The van der Waals surface area contributed by atoms with E-state index < -0.39 is 0 Å². The van der Waals surface area contributed by atoms with E-state index in [1.807, 2.05) is 49.4 Å². The van der Waals surface area contributed by atoms with Crippen LogP contribution in [0.3, 0.4) is 0 Å². The molecule has 0 radical (unpaired) electrons. The topological polar surface area (TPSA) is 56.5 Å². The molecule has 2 aromatic carbocycles. The Hall–Kier alpha value is -2.88. The predicted octanol–water partition coefficient (Wildman–Crippen LogP) is 4.26. The summed E-state index contributed by atoms with van der Waals surface area (Å²) in [6, 6.07) is 15.2. The zero-order valence-corrected chi connectivity index (χ0v) is 14.4. The van der Waals surface area contributed by atoms with E-state index >= 15 is 0 Å². The lowest BCUT2D eigenvalue weighted by atomic mass is 9.97. The molecule has 0 fully saturated rings. The Morgan fingerprint density at radius 3 is 2.64 bits per heavy atom. The minimum absolute atomic E-state index is 0.224. The highest BCUT2D eigenvalue weighted by atomic mass is 16.5. The van der Waals surface area contributed by atoms with E-state index in [1.165, 1.54) is 6.07 Å². The van der Waals surface area contributed by atoms with Crippen LogP contribution in [0.4, 0.5) is 0 Å². The predicted molar refractivity (Wildman–Crippen MR) is 97.6 cm³/mol. The molecule has 0 unspecified atom stereocenters. The van der Waals surface area contributed by atoms with E-state index in [-0.39, 0.29) is 11.6 Å². The summed E-state index contributed by atoms with van der Waals surface area (Å²) in [5.74, 6) is -0.224. The van der Waals surface area contributed by atoms with Crippen molar-refractivity contribution in [1.29, 1.82) is 0 Å². The van der Waals surface area contributed by atoms with Crippen LogP contribution in [0.2, 0.25) is 0 Å². The Morgan fingerprint density at radius 2 is 1.88 bits per heavy atom. The molecule has 1 heterocycles. The molecule has 4 heteroatoms. The molecule has 0 amide bonds. The molecule has 0 aliphatic carbocycles. The number of benzene rings is 2. The van der Waals surface area contributed by atoms with Gasteiger partial charge in [-0.1, -0.05) is 36.4 Å². The first-order chi connectivity index (χ1) is 12.1. The molecule has 25 heavy (non-hydrogen) atoms. The molecule has 0 bridgehead atoms. The van der Waals surface area contributed by atoms with Gasteiger partial charge >= 0.3 is 11.6 Å². The summed E-state index contributed by atoms with van der Waals surface area (Å²) in [6.45, 7) is 4.18. The molecule has 0 saturated carbocycles. The molecule has 0 N–H and O–H groups in total. The van der Waals surface area contributed by atoms with Crippen LogP contribution in [0.15, 0.2) is 57.7 Å². The largest absolute Gasteiger partial charge is 0.466 e. The second-order valence-electron chi connectivity index (χ2n) is 5.93. The molecule has 0 spiro atoms. The maximum Gasteiger partial charge on any atom is 0.336 e. The van der Waals surface area contributed by atoms with Gasteiger partial charge in [0.25, 0.3) is 0 Å². The maximum absolute atomic E-state index is 12.0. The van der Waals surface area contributed by atoms with Crippen molar-refractivity contribution >= 4 is 16.9 Å². The van der Waals surface area contributed by atoms with Gasteiger partial charge in [-0.25, -0.2) is 4.79 Å². The average molecular weight is 336 g/mol. The van der Waals surface area contributed by atoms with Crippen LogP contribution in [0, 0.1) is 6.92 Å². The number of aryl methyl sites for hydroxylation is 2. The molecular weight excluding hydrogens is 316 g/mol. The Bertz CT molecular complexity index is 969. The number of ether oxygens (including phenoxy) is 1. The normalized spacial score (nSPS) is 10.8. The van der Waals surface area contributed by atoms with E-state index in [2.05, 4.69) is 0 Å². The minimum atomic E-state index is -0.381. The summed E-state index contributed by atoms with van der Waals surface area (Å²) < 4.78 is 10.3. The van der Waals surface area contributed by atoms with Gasteiger partial charge in [-0.2, -0.15) is 0 Å². The first kappa shape index (κ1) is 17.0. The summed E-state index contributed by atoms with van der Waals surface area (Å²) in [4.78, 5) is 23.5. The van der Waals surface area contributed by atoms with E-state index in [0.717, 1.165) is 27.6 Å². The van der Waals surface area contributed by atoms with Gasteiger partial charge < -0.3 is 9.15 Å². The van der Waals surface area contributed by atoms with Gasteiger partial charge in [0.1, 0.15) is 5.58 Å². The van der Waals surface area contributed by atoms with Crippen LogP contribution >= 0.6 is 0 Å². The van der Waals surface area contributed by atoms with E-state index in [0.29, 0.717) is 25.0 Å². The second kappa shape index (κ2) is 7.34. The van der Waals surface area contributed by atoms with Crippen molar-refractivity contribution in [2.45, 2.75) is 26.7 Å². The molecule has 0 saturated heterocycles. The fourth-order valence-electron chi connectivity index (χ4n) is 2.94. The van der Waals surface area contributed by atoms with Gasteiger partial charge in [0.2, 0.25) is 0 Å². The number of esters is 1. The summed E-state index contributed by atoms with van der Waals surface area (Å²) in [7, 11) is 0. The van der Waals surface area contributed by atoms with E-state index in [1.54, 1.807) is 6.92 Å². The molecule has 0 aliphatic heterocycles. The Kier molecular flexibility index (Phi) is 4.98. The molecule has 128 valence electrons. The van der Waals surface area contributed by atoms with Crippen LogP contribution in [0.5, 0.6) is 0 Å². The third-order valence-electron chi connectivity index (χ3n) is 4.17. The van der Waals surface area contributed by atoms with Crippen LogP contribution in [0.25, 0.3) is 22.1 Å². The first-order valence-electron chi connectivity index (χ1n) is 8.37. The van der Waals surface area contributed by atoms with Crippen molar-refractivity contribution in [3.05, 3.63) is 70.1 Å². The minimum Gasteiger partial charge on any atom is -0.466 e. The second-order valence-corrected chi connectivity index (χ2v) is 5.93. The zero-order chi connectivity index (χ0) is 17.8. The van der Waals surface area contributed by atoms with Gasteiger partial charge in [-0.3, -0.25) is 4.79 Å². The number of fused-ring (bicyclic) bond motifs is 1. The van der Waals surface area contributed by atoms with Gasteiger partial charge in [0.05, 0.1) is 6.61 Å². The summed E-state index contributed by atoms with van der Waals surface area (Å²) >= 11 is 0. The fraction of sp³-hybridized carbons (Fsp3) is 0.238. The van der Waals surface area contributed by atoms with Crippen molar-refractivity contribution in [2.75, 3.05) is 6.61 Å². The molecule has 4 nitrogen and oxygen atoms in total. The van der Waals surface area contributed by atoms with Crippen LogP contribution < -0.4 is 5.63 Å². The number of carbonyl (C=O) groups is 1. The fourth-order valence-corrected chi connectivity index (χ4v) is 2.94. The SMILES string of the molecule is CCOC(=O)CCc1ccc2c(-c3ccccc3C)cc(=O)oc2c1. The van der Waals surface area contributed by atoms with Crippen molar-refractivity contribution in [1.82, 2.24) is 0 Å². The summed E-state index contributed by atoms with van der Waals surface area (Å²) in [5.41, 5.74) is 4.06. The standard InChI is InChI=1S/C21H20O4/c1-3-24-20(22)11-9-15-8-10-17-18(13-21(23)25-19(17)12-15)16-7-5-4-6-14(16)2/h4-8,10,12-13H,3,9,11H2,1-2H3. The molecule has 1 aromatic heterocycles. The Balaban J connectivity index is 2.00. The van der Waals surface area contributed by atoms with E-state index in [9.17, 15) is 9.59 Å². The summed E-state index contributed by atoms with van der Waals surface area (Å²) in [6.07, 6.45) is 0.855. The lowest BCUT2D eigenvalue weighted by Crippen LogP contribution is -2.05. The highest BCUT2D eigenvalue weighted by Gasteiger charge is 2.11. The third-order valence-corrected chi connectivity index (χ3v) is 4.17. The maximum atomic E-state index is 12.0. The monoisotopic (exact) mass is 336 g/mol. The first-order valence-corrected chi connectivity index (χ1v) is 8.37. The van der Waals surface area contributed by atoms with Crippen LogP contribution in [-0.2, 0) is 16.0 Å². The van der Waals surface area contributed by atoms with Gasteiger partial charge in [-0.05, 0) is 43.0 Å². The number of hydrogen-bond donors (Lipinski definition) is 0. The lowest BCUT2D eigenvalue weighted by molar-refractivity contribution is -0.143. The van der Waals surface area contributed by atoms with Crippen LogP contribution in [0.1, 0.15) is 24.5 Å². The highest BCUT2D eigenvalue weighted by molar-refractivity contribution is 5.94. The average Bonchev–Trinajstić information content (AvgIpc) is 2.59. The quantitative estimate of drug-likeness (QED) is 0.516. The van der Waals surface area contributed by atoms with Crippen molar-refractivity contribution in [2.24, 2.45) is 0 Å². The van der Waals surface area contributed by atoms with E-state index in [4.69, 9.17) is 9.15 Å². The molecular formula is C21H20O4.